The lowest BCUT2D eigenvalue weighted by Gasteiger charge is -2.09. The summed E-state index contributed by atoms with van der Waals surface area (Å²) in [4.78, 5) is 24.7. The molecule has 2 aromatic rings. The summed E-state index contributed by atoms with van der Waals surface area (Å²) in [5, 5.41) is 13.4. The molecule has 0 radical (unpaired) electrons. The second-order valence-corrected chi connectivity index (χ2v) is 6.80. The van der Waals surface area contributed by atoms with E-state index in [0.717, 1.165) is 18.4 Å². The van der Waals surface area contributed by atoms with E-state index in [4.69, 9.17) is 4.74 Å². The van der Waals surface area contributed by atoms with Gasteiger partial charge in [-0.25, -0.2) is 13.4 Å². The Labute approximate surface area is 137 Å². The zero-order valence-electron chi connectivity index (χ0n) is 12.7. The maximum atomic E-state index is 11.7. The number of aromatic nitrogens is 1. The van der Waals surface area contributed by atoms with Crippen LogP contribution in [0.3, 0.4) is 0 Å². The molecule has 1 amide bonds. The van der Waals surface area contributed by atoms with Crippen LogP contribution in [0.5, 0.6) is 11.5 Å². The molecule has 0 bridgehead atoms. The number of nitro groups is 1. The average molecular weight is 351 g/mol. The maximum Gasteiger partial charge on any atom is 0.288 e. The molecule has 1 heterocycles. The van der Waals surface area contributed by atoms with E-state index in [1.807, 2.05) is 0 Å². The van der Waals surface area contributed by atoms with Crippen LogP contribution in [-0.4, -0.2) is 30.5 Å². The molecule has 0 fully saturated rings. The summed E-state index contributed by atoms with van der Waals surface area (Å²) in [5.41, 5.74) is -0.529. The van der Waals surface area contributed by atoms with Crippen molar-refractivity contribution in [2.75, 3.05) is 11.6 Å². The van der Waals surface area contributed by atoms with Crippen molar-refractivity contribution < 1.29 is 22.9 Å². The molecule has 1 aromatic carbocycles. The number of nitrogens with zero attached hydrogens (tertiary/aromatic N) is 2. The number of rotatable bonds is 5. The van der Waals surface area contributed by atoms with Crippen molar-refractivity contribution in [2.45, 2.75) is 11.8 Å². The summed E-state index contributed by atoms with van der Waals surface area (Å²) in [6.07, 6.45) is 2.27. The van der Waals surface area contributed by atoms with Gasteiger partial charge in [-0.2, -0.15) is 0 Å². The summed E-state index contributed by atoms with van der Waals surface area (Å²) in [7, 11) is -3.81. The van der Waals surface area contributed by atoms with E-state index in [0.29, 0.717) is 0 Å². The quantitative estimate of drug-likeness (QED) is 0.645. The van der Waals surface area contributed by atoms with Crippen molar-refractivity contribution in [2.24, 2.45) is 0 Å². The maximum absolute atomic E-state index is 11.7. The summed E-state index contributed by atoms with van der Waals surface area (Å²) >= 11 is 0. The molecule has 0 spiro atoms. The second-order valence-electron chi connectivity index (χ2n) is 4.82. The van der Waals surface area contributed by atoms with Crippen LogP contribution in [0.2, 0.25) is 0 Å². The van der Waals surface area contributed by atoms with Crippen LogP contribution in [0.15, 0.2) is 41.4 Å². The number of carbonyl (C=O) groups is 1. The standard InChI is InChI=1S/C14H13N3O6S/c1-9(18)16-14-8-11(5-6-15-14)23-10-3-4-12(17(19)20)13(7-10)24(2,21)22/h3-8H,1-2H3,(H,15,16,18). The van der Waals surface area contributed by atoms with Gasteiger partial charge in [-0.15, -0.1) is 0 Å². The molecule has 0 atom stereocenters. The Balaban J connectivity index is 2.37. The van der Waals surface area contributed by atoms with Gasteiger partial charge in [0.2, 0.25) is 5.91 Å². The molecule has 0 saturated heterocycles. The number of amides is 1. The zero-order chi connectivity index (χ0) is 17.9. The van der Waals surface area contributed by atoms with Crippen molar-refractivity contribution in [3.63, 3.8) is 0 Å². The Morgan fingerprint density at radius 1 is 1.25 bits per heavy atom. The van der Waals surface area contributed by atoms with Gasteiger partial charge in [-0.05, 0) is 12.1 Å². The van der Waals surface area contributed by atoms with Crippen molar-refractivity contribution in [3.05, 3.63) is 46.6 Å². The van der Waals surface area contributed by atoms with E-state index in [9.17, 15) is 23.3 Å². The highest BCUT2D eigenvalue weighted by molar-refractivity contribution is 7.90. The highest BCUT2D eigenvalue weighted by atomic mass is 32.2. The molecule has 0 aliphatic rings. The first-order chi connectivity index (χ1) is 11.2. The van der Waals surface area contributed by atoms with Gasteiger partial charge < -0.3 is 10.1 Å². The highest BCUT2D eigenvalue weighted by Crippen LogP contribution is 2.31. The van der Waals surface area contributed by atoms with Crippen LogP contribution in [0.25, 0.3) is 0 Å². The monoisotopic (exact) mass is 351 g/mol. The fraction of sp³-hybridized carbons (Fsp3) is 0.143. The van der Waals surface area contributed by atoms with Gasteiger partial charge in [0.25, 0.3) is 5.69 Å². The average Bonchev–Trinajstić information content (AvgIpc) is 2.45. The van der Waals surface area contributed by atoms with E-state index in [1.165, 1.54) is 31.3 Å². The number of hydrogen-bond donors (Lipinski definition) is 1. The van der Waals surface area contributed by atoms with Gasteiger partial charge in [0.1, 0.15) is 22.2 Å². The number of benzene rings is 1. The fourth-order valence-electron chi connectivity index (χ4n) is 1.87. The van der Waals surface area contributed by atoms with Crippen LogP contribution < -0.4 is 10.1 Å². The number of ether oxygens (including phenoxy) is 1. The fourth-order valence-corrected chi connectivity index (χ4v) is 2.72. The first-order valence-corrected chi connectivity index (χ1v) is 8.46. The Bertz CT molecular complexity index is 910. The highest BCUT2D eigenvalue weighted by Gasteiger charge is 2.23. The number of carbonyl (C=O) groups excluding carboxylic acids is 1. The van der Waals surface area contributed by atoms with Gasteiger partial charge in [-0.1, -0.05) is 0 Å². The van der Waals surface area contributed by atoms with E-state index in [-0.39, 0.29) is 23.2 Å². The second kappa shape index (κ2) is 6.62. The Morgan fingerprint density at radius 3 is 2.50 bits per heavy atom. The molecular formula is C14H13N3O6S. The largest absolute Gasteiger partial charge is 0.457 e. The van der Waals surface area contributed by atoms with Gasteiger partial charge >= 0.3 is 0 Å². The van der Waals surface area contributed by atoms with Crippen LogP contribution in [0, 0.1) is 10.1 Å². The molecule has 2 rings (SSSR count). The molecular weight excluding hydrogens is 338 g/mol. The predicted octanol–water partition coefficient (Wildman–Crippen LogP) is 2.14. The summed E-state index contributed by atoms with van der Waals surface area (Å²) in [6.45, 7) is 1.32. The number of hydrogen-bond acceptors (Lipinski definition) is 7. The van der Waals surface area contributed by atoms with Crippen molar-refractivity contribution >= 4 is 27.2 Å². The van der Waals surface area contributed by atoms with Crippen LogP contribution >= 0.6 is 0 Å². The lowest BCUT2D eigenvalue weighted by Crippen LogP contribution is -2.07. The zero-order valence-corrected chi connectivity index (χ0v) is 13.5. The molecule has 0 unspecified atom stereocenters. The Kier molecular flexibility index (Phi) is 4.79. The molecule has 0 aliphatic carbocycles. The minimum Gasteiger partial charge on any atom is -0.457 e. The predicted molar refractivity (Wildman–Crippen MR) is 84.8 cm³/mol. The topological polar surface area (TPSA) is 128 Å². The van der Waals surface area contributed by atoms with Crippen molar-refractivity contribution in [1.82, 2.24) is 4.98 Å². The number of anilines is 1. The molecule has 0 aliphatic heterocycles. The third-order valence-electron chi connectivity index (χ3n) is 2.80. The Morgan fingerprint density at radius 2 is 1.92 bits per heavy atom. The first kappa shape index (κ1) is 17.3. The van der Waals surface area contributed by atoms with Crippen molar-refractivity contribution in [1.29, 1.82) is 0 Å². The van der Waals surface area contributed by atoms with Gasteiger partial charge in [0.05, 0.1) is 4.92 Å². The van der Waals surface area contributed by atoms with Gasteiger partial charge in [0.15, 0.2) is 9.84 Å². The van der Waals surface area contributed by atoms with Crippen LogP contribution in [0.4, 0.5) is 11.5 Å². The lowest BCUT2D eigenvalue weighted by atomic mass is 10.3. The van der Waals surface area contributed by atoms with E-state index < -0.39 is 25.3 Å². The van der Waals surface area contributed by atoms with Gasteiger partial charge in [-0.3, -0.25) is 14.9 Å². The first-order valence-electron chi connectivity index (χ1n) is 6.57. The van der Waals surface area contributed by atoms with Crippen LogP contribution in [-0.2, 0) is 14.6 Å². The molecule has 0 saturated carbocycles. The normalized spacial score (nSPS) is 10.9. The number of nitrogens with one attached hydrogen (secondary N) is 1. The molecule has 1 N–H and O–H groups in total. The van der Waals surface area contributed by atoms with E-state index in [1.54, 1.807) is 0 Å². The number of pyridine rings is 1. The number of sulfone groups is 1. The number of nitro benzene ring substituents is 1. The van der Waals surface area contributed by atoms with E-state index >= 15 is 0 Å². The smallest absolute Gasteiger partial charge is 0.288 e. The van der Waals surface area contributed by atoms with Crippen molar-refractivity contribution in [3.8, 4) is 11.5 Å². The lowest BCUT2D eigenvalue weighted by molar-refractivity contribution is -0.387. The van der Waals surface area contributed by atoms with Gasteiger partial charge in [0, 0.05) is 37.6 Å². The molecule has 24 heavy (non-hydrogen) atoms. The summed E-state index contributed by atoms with van der Waals surface area (Å²) in [5.74, 6) is 0.322. The molecule has 126 valence electrons. The van der Waals surface area contributed by atoms with E-state index in [2.05, 4.69) is 10.3 Å². The summed E-state index contributed by atoms with van der Waals surface area (Å²) in [6, 6.07) is 6.34. The Hall–Kier alpha value is -3.01. The minimum atomic E-state index is -3.81. The van der Waals surface area contributed by atoms with Crippen LogP contribution in [0.1, 0.15) is 6.92 Å². The molecule has 10 heteroatoms. The third-order valence-corrected chi connectivity index (χ3v) is 3.92. The minimum absolute atomic E-state index is 0.0981. The molecule has 9 nitrogen and oxygen atoms in total. The SMILES string of the molecule is CC(=O)Nc1cc(Oc2ccc([N+](=O)[O-])c(S(C)(=O)=O)c2)ccn1. The summed E-state index contributed by atoms with van der Waals surface area (Å²) < 4.78 is 28.9. The third kappa shape index (κ3) is 4.26. The molecule has 1 aromatic heterocycles.